The van der Waals surface area contributed by atoms with Crippen molar-refractivity contribution in [2.75, 3.05) is 13.1 Å². The van der Waals surface area contributed by atoms with Crippen molar-refractivity contribution < 1.29 is 9.90 Å². The normalized spacial score (nSPS) is 16.3. The van der Waals surface area contributed by atoms with Gasteiger partial charge in [-0.05, 0) is 41.7 Å². The molecule has 3 rings (SSSR count). The Morgan fingerprint density at radius 1 is 1.19 bits per heavy atom. The van der Waals surface area contributed by atoms with Crippen LogP contribution < -0.4 is 0 Å². The molecule has 1 amide bonds. The first-order valence-electron chi connectivity index (χ1n) is 7.70. The number of phenols is 1. The third-order valence-electron chi connectivity index (χ3n) is 4.57. The molecule has 2 aromatic carbocycles. The van der Waals surface area contributed by atoms with Gasteiger partial charge in [-0.15, -0.1) is 0 Å². The van der Waals surface area contributed by atoms with E-state index in [1.165, 1.54) is 6.42 Å². The average Bonchev–Trinajstić information content (AvgIpc) is 2.53. The predicted octanol–water partition coefficient (Wildman–Crippen LogP) is 3.81. The highest BCUT2D eigenvalue weighted by molar-refractivity contribution is 6.01. The highest BCUT2D eigenvalue weighted by Gasteiger charge is 2.24. The number of aromatic hydroxyl groups is 1. The zero-order valence-corrected chi connectivity index (χ0v) is 12.4. The Kier molecular flexibility index (Phi) is 3.82. The van der Waals surface area contributed by atoms with Crippen molar-refractivity contribution in [2.45, 2.75) is 26.2 Å². The minimum atomic E-state index is -0.0483. The van der Waals surface area contributed by atoms with E-state index in [1.807, 2.05) is 29.2 Å². The molecule has 0 bridgehead atoms. The smallest absolute Gasteiger partial charge is 0.257 e. The molecule has 0 radical (unpaired) electrons. The van der Waals surface area contributed by atoms with E-state index < -0.39 is 0 Å². The van der Waals surface area contributed by atoms with Gasteiger partial charge in [0.05, 0.1) is 5.56 Å². The summed E-state index contributed by atoms with van der Waals surface area (Å²) in [5.74, 6) is 0.767. The van der Waals surface area contributed by atoms with Crippen LogP contribution in [0.15, 0.2) is 36.4 Å². The van der Waals surface area contributed by atoms with Gasteiger partial charge in [-0.2, -0.15) is 0 Å². The summed E-state index contributed by atoms with van der Waals surface area (Å²) in [6.07, 6.45) is 3.32. The van der Waals surface area contributed by atoms with Crippen molar-refractivity contribution in [1.29, 1.82) is 0 Å². The zero-order chi connectivity index (χ0) is 14.8. The third-order valence-corrected chi connectivity index (χ3v) is 4.57. The molecule has 110 valence electrons. The van der Waals surface area contributed by atoms with Gasteiger partial charge in [-0.3, -0.25) is 4.79 Å². The standard InChI is InChI=1S/C18H21NO2/c1-2-13-7-9-19(10-8-13)18(21)16-11-14-5-3-4-6-15(14)12-17(16)20/h3-6,11-13,20H,2,7-10H2,1H3. The van der Waals surface area contributed by atoms with Crippen molar-refractivity contribution in [3.8, 4) is 5.75 Å². The number of rotatable bonds is 2. The maximum atomic E-state index is 12.6. The Hall–Kier alpha value is -2.03. The lowest BCUT2D eigenvalue weighted by Crippen LogP contribution is -2.38. The number of nitrogens with zero attached hydrogens (tertiary/aromatic N) is 1. The van der Waals surface area contributed by atoms with Crippen molar-refractivity contribution in [1.82, 2.24) is 4.90 Å². The van der Waals surface area contributed by atoms with Gasteiger partial charge in [0, 0.05) is 13.1 Å². The number of piperidine rings is 1. The Morgan fingerprint density at radius 3 is 2.43 bits per heavy atom. The van der Waals surface area contributed by atoms with Gasteiger partial charge in [0.25, 0.3) is 5.91 Å². The fraction of sp³-hybridized carbons (Fsp3) is 0.389. The highest BCUT2D eigenvalue weighted by Crippen LogP contribution is 2.28. The van der Waals surface area contributed by atoms with Crippen LogP contribution in [0.25, 0.3) is 10.8 Å². The lowest BCUT2D eigenvalue weighted by molar-refractivity contribution is 0.0686. The molecule has 1 heterocycles. The molecule has 3 heteroatoms. The molecule has 0 spiro atoms. The van der Waals surface area contributed by atoms with Crippen LogP contribution in [0.1, 0.15) is 36.5 Å². The van der Waals surface area contributed by atoms with Crippen LogP contribution in [0.3, 0.4) is 0 Å². The first kappa shape index (κ1) is 13.9. The lowest BCUT2D eigenvalue weighted by atomic mass is 9.94. The van der Waals surface area contributed by atoms with E-state index in [1.54, 1.807) is 12.1 Å². The number of hydrogen-bond acceptors (Lipinski definition) is 2. The summed E-state index contributed by atoms with van der Waals surface area (Å²) in [4.78, 5) is 14.5. The summed E-state index contributed by atoms with van der Waals surface area (Å²) in [6, 6.07) is 11.3. The molecule has 2 aromatic rings. The van der Waals surface area contributed by atoms with Crippen LogP contribution in [-0.4, -0.2) is 29.0 Å². The van der Waals surface area contributed by atoms with Crippen LogP contribution in [-0.2, 0) is 0 Å². The second-order valence-corrected chi connectivity index (χ2v) is 5.86. The van der Waals surface area contributed by atoms with Crippen LogP contribution in [0.4, 0.5) is 0 Å². The number of phenolic OH excluding ortho intramolecular Hbond substituents is 1. The molecule has 1 fully saturated rings. The minimum absolute atomic E-state index is 0.0483. The van der Waals surface area contributed by atoms with Gasteiger partial charge in [0.15, 0.2) is 0 Å². The topological polar surface area (TPSA) is 40.5 Å². The number of carbonyl (C=O) groups is 1. The van der Waals surface area contributed by atoms with Gasteiger partial charge in [0.1, 0.15) is 5.75 Å². The van der Waals surface area contributed by atoms with Gasteiger partial charge in [-0.1, -0.05) is 37.6 Å². The fourth-order valence-electron chi connectivity index (χ4n) is 3.11. The van der Waals surface area contributed by atoms with Crippen molar-refractivity contribution in [2.24, 2.45) is 5.92 Å². The van der Waals surface area contributed by atoms with Crippen LogP contribution in [0.5, 0.6) is 5.75 Å². The molecule has 0 aliphatic carbocycles. The van der Waals surface area contributed by atoms with E-state index in [4.69, 9.17) is 0 Å². The molecule has 0 atom stereocenters. The van der Waals surface area contributed by atoms with E-state index in [0.29, 0.717) is 5.56 Å². The molecule has 0 saturated carbocycles. The number of likely N-dealkylation sites (tertiary alicyclic amines) is 1. The largest absolute Gasteiger partial charge is 0.507 e. The Balaban J connectivity index is 1.86. The number of carbonyl (C=O) groups excluding carboxylic acids is 1. The first-order valence-corrected chi connectivity index (χ1v) is 7.70. The second-order valence-electron chi connectivity index (χ2n) is 5.86. The lowest BCUT2D eigenvalue weighted by Gasteiger charge is -2.31. The summed E-state index contributed by atoms with van der Waals surface area (Å²) < 4.78 is 0. The monoisotopic (exact) mass is 283 g/mol. The van der Waals surface area contributed by atoms with Crippen LogP contribution >= 0.6 is 0 Å². The maximum absolute atomic E-state index is 12.6. The number of benzene rings is 2. The number of fused-ring (bicyclic) bond motifs is 1. The van der Waals surface area contributed by atoms with Crippen LogP contribution in [0.2, 0.25) is 0 Å². The zero-order valence-electron chi connectivity index (χ0n) is 12.4. The summed E-state index contributed by atoms with van der Waals surface area (Å²) in [6.45, 7) is 3.80. The van der Waals surface area contributed by atoms with Gasteiger partial charge >= 0.3 is 0 Å². The van der Waals surface area contributed by atoms with E-state index in [-0.39, 0.29) is 11.7 Å². The quantitative estimate of drug-likeness (QED) is 0.910. The van der Waals surface area contributed by atoms with Crippen molar-refractivity contribution in [3.05, 3.63) is 42.0 Å². The molecule has 21 heavy (non-hydrogen) atoms. The number of amides is 1. The second kappa shape index (κ2) is 5.76. The minimum Gasteiger partial charge on any atom is -0.507 e. The van der Waals surface area contributed by atoms with E-state index >= 15 is 0 Å². The Bertz CT molecular complexity index is 657. The first-order chi connectivity index (χ1) is 10.2. The van der Waals surface area contributed by atoms with Gasteiger partial charge in [-0.25, -0.2) is 0 Å². The van der Waals surface area contributed by atoms with Gasteiger partial charge in [0.2, 0.25) is 0 Å². The molecule has 1 aliphatic heterocycles. The van der Waals surface area contributed by atoms with Crippen LogP contribution in [0, 0.1) is 5.92 Å². The average molecular weight is 283 g/mol. The molecule has 0 aromatic heterocycles. The molecular weight excluding hydrogens is 262 g/mol. The summed E-state index contributed by atoms with van der Waals surface area (Å²) in [7, 11) is 0. The molecule has 0 unspecified atom stereocenters. The van der Waals surface area contributed by atoms with E-state index in [9.17, 15) is 9.90 Å². The molecule has 1 aliphatic rings. The summed E-state index contributed by atoms with van der Waals surface area (Å²) >= 11 is 0. The molecule has 3 nitrogen and oxygen atoms in total. The number of hydrogen-bond donors (Lipinski definition) is 1. The van der Waals surface area contributed by atoms with Gasteiger partial charge < -0.3 is 10.0 Å². The summed E-state index contributed by atoms with van der Waals surface area (Å²) in [5, 5.41) is 12.1. The molecule has 1 saturated heterocycles. The Morgan fingerprint density at radius 2 is 1.81 bits per heavy atom. The maximum Gasteiger partial charge on any atom is 0.257 e. The molecule has 1 N–H and O–H groups in total. The fourth-order valence-corrected chi connectivity index (χ4v) is 3.11. The van der Waals surface area contributed by atoms with E-state index in [2.05, 4.69) is 6.92 Å². The summed E-state index contributed by atoms with van der Waals surface area (Å²) in [5.41, 5.74) is 0.420. The van der Waals surface area contributed by atoms with E-state index in [0.717, 1.165) is 42.6 Å². The highest BCUT2D eigenvalue weighted by atomic mass is 16.3. The Labute approximate surface area is 125 Å². The predicted molar refractivity (Wildman–Crippen MR) is 84.5 cm³/mol. The SMILES string of the molecule is CCC1CCN(C(=O)c2cc3ccccc3cc2O)CC1. The van der Waals surface area contributed by atoms with Crippen molar-refractivity contribution >= 4 is 16.7 Å². The third kappa shape index (κ3) is 2.73. The molecular formula is C18H21NO2. The van der Waals surface area contributed by atoms with Crippen molar-refractivity contribution in [3.63, 3.8) is 0 Å².